The Kier molecular flexibility index (Phi) is 7.70. The van der Waals surface area contributed by atoms with Gasteiger partial charge in [-0.1, -0.05) is 30.3 Å². The molecule has 0 unspecified atom stereocenters. The zero-order chi connectivity index (χ0) is 24.1. The average Bonchev–Trinajstić information content (AvgIpc) is 3.22. The van der Waals surface area contributed by atoms with Crippen LogP contribution >= 0.6 is 0 Å². The highest BCUT2D eigenvalue weighted by atomic mass is 32.2. The van der Waals surface area contributed by atoms with Gasteiger partial charge in [-0.25, -0.2) is 13.1 Å². The van der Waals surface area contributed by atoms with Crippen molar-refractivity contribution >= 4 is 26.8 Å². The van der Waals surface area contributed by atoms with Crippen molar-refractivity contribution in [3.8, 4) is 0 Å². The molecule has 1 heterocycles. The van der Waals surface area contributed by atoms with E-state index >= 15 is 0 Å². The maximum absolute atomic E-state index is 13.0. The SMILES string of the molecule is COCC[C@@H](NC(=O)C1CCC(NS(=O)(=O)c2ccc3c(ccn3C)c2)CC1)c1ccccc1. The number of aromatic nitrogens is 1. The molecule has 0 aliphatic heterocycles. The Hall–Kier alpha value is -2.68. The first-order valence-electron chi connectivity index (χ1n) is 11.8. The summed E-state index contributed by atoms with van der Waals surface area (Å²) in [6.07, 6.45) is 5.20. The van der Waals surface area contributed by atoms with Gasteiger partial charge < -0.3 is 14.6 Å². The largest absolute Gasteiger partial charge is 0.385 e. The molecular weight excluding hydrogens is 450 g/mol. The van der Waals surface area contributed by atoms with E-state index in [4.69, 9.17) is 4.74 Å². The van der Waals surface area contributed by atoms with Crippen molar-refractivity contribution in [3.05, 3.63) is 66.4 Å². The lowest BCUT2D eigenvalue weighted by Crippen LogP contribution is -2.41. The highest BCUT2D eigenvalue weighted by Crippen LogP contribution is 2.28. The van der Waals surface area contributed by atoms with Crippen LogP contribution in [0.2, 0.25) is 0 Å². The lowest BCUT2D eigenvalue weighted by Gasteiger charge is -2.30. The average molecular weight is 484 g/mol. The molecule has 0 radical (unpaired) electrons. The minimum absolute atomic E-state index is 0.0285. The molecule has 0 spiro atoms. The van der Waals surface area contributed by atoms with E-state index in [0.29, 0.717) is 38.7 Å². The Labute approximate surface area is 201 Å². The molecule has 3 aromatic rings. The number of nitrogens with one attached hydrogen (secondary N) is 2. The van der Waals surface area contributed by atoms with E-state index in [0.717, 1.165) is 16.5 Å². The van der Waals surface area contributed by atoms with E-state index in [2.05, 4.69) is 10.0 Å². The lowest BCUT2D eigenvalue weighted by molar-refractivity contribution is -0.126. The number of carbonyl (C=O) groups excluding carboxylic acids is 1. The molecule has 1 aromatic heterocycles. The summed E-state index contributed by atoms with van der Waals surface area (Å²) >= 11 is 0. The van der Waals surface area contributed by atoms with Crippen LogP contribution in [0.4, 0.5) is 0 Å². The quantitative estimate of drug-likeness (QED) is 0.483. The van der Waals surface area contributed by atoms with E-state index in [1.807, 2.05) is 60.3 Å². The van der Waals surface area contributed by atoms with Crippen LogP contribution in [0.5, 0.6) is 0 Å². The number of amides is 1. The summed E-state index contributed by atoms with van der Waals surface area (Å²) in [5, 5.41) is 4.08. The third kappa shape index (κ3) is 5.68. The highest BCUT2D eigenvalue weighted by molar-refractivity contribution is 7.89. The minimum atomic E-state index is -3.62. The molecule has 8 heteroatoms. The maximum Gasteiger partial charge on any atom is 0.240 e. The zero-order valence-corrected chi connectivity index (χ0v) is 20.6. The predicted octanol–water partition coefficient (Wildman–Crippen LogP) is 3.91. The van der Waals surface area contributed by atoms with Crippen LogP contribution in [0.3, 0.4) is 0 Å². The molecular formula is C26H33N3O4S. The standard InChI is InChI=1S/C26H33N3O4S/c1-29-16-14-21-18-23(12-13-25(21)29)34(31,32)28-22-10-8-20(9-11-22)26(30)27-24(15-17-33-2)19-6-4-3-5-7-19/h3-7,12-14,16,18,20,22,24,28H,8-11,15,17H2,1-2H3,(H,27,30)/t20?,22?,24-/m1/s1. The number of hydrogen-bond acceptors (Lipinski definition) is 4. The highest BCUT2D eigenvalue weighted by Gasteiger charge is 2.30. The third-order valence-electron chi connectivity index (χ3n) is 6.72. The smallest absolute Gasteiger partial charge is 0.240 e. The van der Waals surface area contributed by atoms with Crippen LogP contribution < -0.4 is 10.0 Å². The molecule has 2 N–H and O–H groups in total. The van der Waals surface area contributed by atoms with E-state index in [9.17, 15) is 13.2 Å². The lowest BCUT2D eigenvalue weighted by atomic mass is 9.85. The van der Waals surface area contributed by atoms with Crippen LogP contribution in [0, 0.1) is 5.92 Å². The van der Waals surface area contributed by atoms with Crippen molar-refractivity contribution in [3.63, 3.8) is 0 Å². The number of nitrogens with zero attached hydrogens (tertiary/aromatic N) is 1. The predicted molar refractivity (Wildman–Crippen MR) is 133 cm³/mol. The number of hydrogen-bond donors (Lipinski definition) is 2. The van der Waals surface area contributed by atoms with E-state index in [1.165, 1.54) is 0 Å². The Balaban J connectivity index is 1.34. The van der Waals surface area contributed by atoms with Gasteiger partial charge in [0.15, 0.2) is 0 Å². The van der Waals surface area contributed by atoms with Gasteiger partial charge in [-0.3, -0.25) is 4.79 Å². The van der Waals surface area contributed by atoms with Gasteiger partial charge in [0.05, 0.1) is 10.9 Å². The Morgan fingerprint density at radius 2 is 1.82 bits per heavy atom. The van der Waals surface area contributed by atoms with E-state index < -0.39 is 10.0 Å². The summed E-state index contributed by atoms with van der Waals surface area (Å²) in [7, 11) is -0.0285. The molecule has 1 fully saturated rings. The van der Waals surface area contributed by atoms with Crippen LogP contribution in [-0.4, -0.2) is 38.7 Å². The number of aryl methyl sites for hydroxylation is 1. The summed E-state index contributed by atoms with van der Waals surface area (Å²) in [4.78, 5) is 13.3. The van der Waals surface area contributed by atoms with Gasteiger partial charge in [-0.2, -0.15) is 0 Å². The second-order valence-electron chi connectivity index (χ2n) is 9.07. The fraction of sp³-hybridized carbons (Fsp3) is 0.423. The number of sulfonamides is 1. The zero-order valence-electron chi connectivity index (χ0n) is 19.7. The fourth-order valence-corrected chi connectivity index (χ4v) is 6.06. The third-order valence-corrected chi connectivity index (χ3v) is 8.23. The normalized spacial score (nSPS) is 19.7. The molecule has 4 rings (SSSR count). The summed E-state index contributed by atoms with van der Waals surface area (Å²) in [6, 6.07) is 16.7. The number of carbonyl (C=O) groups is 1. The monoisotopic (exact) mass is 483 g/mol. The van der Waals surface area contributed by atoms with Gasteiger partial charge in [-0.05, 0) is 61.9 Å². The molecule has 0 bridgehead atoms. The first-order chi connectivity index (χ1) is 16.4. The van der Waals surface area contributed by atoms with E-state index in [-0.39, 0.29) is 28.8 Å². The van der Waals surface area contributed by atoms with Crippen LogP contribution in [0.1, 0.15) is 43.7 Å². The molecule has 1 aliphatic carbocycles. The number of rotatable bonds is 9. The summed E-state index contributed by atoms with van der Waals surface area (Å²) in [6.45, 7) is 0.559. The molecule has 182 valence electrons. The maximum atomic E-state index is 13.0. The molecule has 1 amide bonds. The molecule has 0 saturated heterocycles. The fourth-order valence-electron chi connectivity index (χ4n) is 4.72. The Morgan fingerprint density at radius 3 is 2.53 bits per heavy atom. The molecule has 1 aliphatic rings. The Bertz CT molecular complexity index is 1220. The number of fused-ring (bicyclic) bond motifs is 1. The van der Waals surface area contributed by atoms with Gasteiger partial charge in [0, 0.05) is 49.8 Å². The van der Waals surface area contributed by atoms with Crippen LogP contribution in [-0.2, 0) is 26.6 Å². The number of ether oxygens (including phenoxy) is 1. The second-order valence-corrected chi connectivity index (χ2v) is 10.8. The van der Waals surface area contributed by atoms with Crippen molar-refractivity contribution in [1.29, 1.82) is 0 Å². The molecule has 1 saturated carbocycles. The summed E-state index contributed by atoms with van der Waals surface area (Å²) in [5.74, 6) is -0.0871. The van der Waals surface area contributed by atoms with Crippen molar-refractivity contribution in [2.24, 2.45) is 13.0 Å². The number of benzene rings is 2. The van der Waals surface area contributed by atoms with Gasteiger partial charge >= 0.3 is 0 Å². The summed E-state index contributed by atoms with van der Waals surface area (Å²) < 4.78 is 36.0. The summed E-state index contributed by atoms with van der Waals surface area (Å²) in [5.41, 5.74) is 2.05. The minimum Gasteiger partial charge on any atom is -0.385 e. The van der Waals surface area contributed by atoms with Gasteiger partial charge in [0.1, 0.15) is 0 Å². The first-order valence-corrected chi connectivity index (χ1v) is 13.3. The molecule has 1 atom stereocenters. The Morgan fingerprint density at radius 1 is 1.09 bits per heavy atom. The topological polar surface area (TPSA) is 89.4 Å². The van der Waals surface area contributed by atoms with Crippen molar-refractivity contribution in [2.45, 2.75) is 49.1 Å². The molecule has 7 nitrogen and oxygen atoms in total. The van der Waals surface area contributed by atoms with Crippen LogP contribution in [0.15, 0.2) is 65.7 Å². The molecule has 34 heavy (non-hydrogen) atoms. The number of methoxy groups -OCH3 is 1. The van der Waals surface area contributed by atoms with Crippen molar-refractivity contribution in [2.75, 3.05) is 13.7 Å². The second kappa shape index (κ2) is 10.7. The van der Waals surface area contributed by atoms with E-state index in [1.54, 1.807) is 19.2 Å². The first kappa shape index (κ1) is 24.4. The molecule has 2 aromatic carbocycles. The van der Waals surface area contributed by atoms with Crippen LogP contribution in [0.25, 0.3) is 10.9 Å². The van der Waals surface area contributed by atoms with Gasteiger partial charge in [0.25, 0.3) is 0 Å². The van der Waals surface area contributed by atoms with Gasteiger partial charge in [0.2, 0.25) is 15.9 Å². The van der Waals surface area contributed by atoms with Gasteiger partial charge in [-0.15, -0.1) is 0 Å². The van der Waals surface area contributed by atoms with Crippen molar-refractivity contribution in [1.82, 2.24) is 14.6 Å². The van der Waals surface area contributed by atoms with Crippen molar-refractivity contribution < 1.29 is 17.9 Å².